The van der Waals surface area contributed by atoms with Gasteiger partial charge in [-0.05, 0) is 40.9 Å². The van der Waals surface area contributed by atoms with Crippen molar-refractivity contribution in [2.45, 2.75) is 12.3 Å². The van der Waals surface area contributed by atoms with Crippen LogP contribution >= 0.6 is 0 Å². The third kappa shape index (κ3) is 2.96. The van der Waals surface area contributed by atoms with E-state index in [9.17, 15) is 4.39 Å². The molecule has 106 valence electrons. The molecule has 0 aliphatic rings. The van der Waals surface area contributed by atoms with Gasteiger partial charge in [-0.15, -0.1) is 0 Å². The van der Waals surface area contributed by atoms with Gasteiger partial charge in [-0.25, -0.2) is 4.39 Å². The highest BCUT2D eigenvalue weighted by molar-refractivity contribution is 5.83. The highest BCUT2D eigenvalue weighted by Gasteiger charge is 2.13. The summed E-state index contributed by atoms with van der Waals surface area (Å²) in [5, 5.41) is 2.41. The van der Waals surface area contributed by atoms with Crippen LogP contribution in [0, 0.1) is 5.82 Å². The van der Waals surface area contributed by atoms with E-state index in [2.05, 4.69) is 30.3 Å². The zero-order valence-electron chi connectivity index (χ0n) is 11.8. The van der Waals surface area contributed by atoms with E-state index in [4.69, 9.17) is 5.73 Å². The van der Waals surface area contributed by atoms with E-state index in [0.29, 0.717) is 13.0 Å². The maximum Gasteiger partial charge on any atom is 0.126 e. The average molecular weight is 279 g/mol. The van der Waals surface area contributed by atoms with Crippen molar-refractivity contribution in [3.8, 4) is 0 Å². The lowest BCUT2D eigenvalue weighted by molar-refractivity contribution is 0.590. The Balaban J connectivity index is 1.93. The summed E-state index contributed by atoms with van der Waals surface area (Å²) in [7, 11) is 0. The predicted octanol–water partition coefficient (Wildman–Crippen LogP) is 4.26. The number of halogens is 1. The summed E-state index contributed by atoms with van der Waals surface area (Å²) in [6.07, 6.45) is 0.627. The number of nitrogens with two attached hydrogens (primary N) is 1. The van der Waals surface area contributed by atoms with Crippen molar-refractivity contribution < 1.29 is 4.39 Å². The van der Waals surface area contributed by atoms with Crippen LogP contribution in [0.25, 0.3) is 10.8 Å². The van der Waals surface area contributed by atoms with Gasteiger partial charge in [0.1, 0.15) is 5.82 Å². The van der Waals surface area contributed by atoms with Crippen LogP contribution in [0.1, 0.15) is 17.0 Å². The molecule has 0 saturated carbocycles. The number of hydrogen-bond donors (Lipinski definition) is 1. The van der Waals surface area contributed by atoms with Crippen LogP contribution in [-0.2, 0) is 6.42 Å². The Morgan fingerprint density at radius 1 is 0.857 bits per heavy atom. The molecule has 0 saturated heterocycles. The molecule has 0 bridgehead atoms. The van der Waals surface area contributed by atoms with E-state index in [1.54, 1.807) is 6.07 Å². The van der Waals surface area contributed by atoms with Crippen LogP contribution in [0.2, 0.25) is 0 Å². The standard InChI is InChI=1S/C19H18FN/c20-19-8-4-3-7-17(19)12-18(13-21)16-10-9-14-5-1-2-6-15(14)11-16/h1-11,18H,12-13,21H2. The quantitative estimate of drug-likeness (QED) is 0.758. The van der Waals surface area contributed by atoms with Gasteiger partial charge in [0, 0.05) is 5.92 Å². The molecule has 2 N–H and O–H groups in total. The topological polar surface area (TPSA) is 26.0 Å². The van der Waals surface area contributed by atoms with Gasteiger partial charge in [0.05, 0.1) is 0 Å². The Labute approximate surface area is 124 Å². The molecule has 2 heteroatoms. The second kappa shape index (κ2) is 6.06. The maximum atomic E-state index is 13.8. The van der Waals surface area contributed by atoms with Crippen LogP contribution < -0.4 is 5.73 Å². The third-order valence-electron chi connectivity index (χ3n) is 3.95. The van der Waals surface area contributed by atoms with Gasteiger partial charge in [-0.2, -0.15) is 0 Å². The fourth-order valence-electron chi connectivity index (χ4n) is 2.73. The van der Waals surface area contributed by atoms with Crippen molar-refractivity contribution in [1.82, 2.24) is 0 Å². The molecule has 0 aliphatic carbocycles. The summed E-state index contributed by atoms with van der Waals surface area (Å²) in [5.41, 5.74) is 7.81. The van der Waals surface area contributed by atoms with Gasteiger partial charge >= 0.3 is 0 Å². The molecule has 1 atom stereocenters. The minimum Gasteiger partial charge on any atom is -0.330 e. The number of rotatable bonds is 4. The summed E-state index contributed by atoms with van der Waals surface area (Å²) >= 11 is 0. The van der Waals surface area contributed by atoms with E-state index in [1.807, 2.05) is 24.3 Å². The number of fused-ring (bicyclic) bond motifs is 1. The molecule has 0 radical (unpaired) electrons. The minimum atomic E-state index is -0.156. The van der Waals surface area contributed by atoms with Crippen molar-refractivity contribution in [3.05, 3.63) is 83.7 Å². The molecular formula is C19H18FN. The molecule has 0 aliphatic heterocycles. The first-order chi connectivity index (χ1) is 10.3. The first-order valence-electron chi connectivity index (χ1n) is 7.20. The van der Waals surface area contributed by atoms with Crippen molar-refractivity contribution in [3.63, 3.8) is 0 Å². The summed E-state index contributed by atoms with van der Waals surface area (Å²) in [5.74, 6) is -0.0248. The first-order valence-corrected chi connectivity index (χ1v) is 7.20. The zero-order valence-corrected chi connectivity index (χ0v) is 11.8. The van der Waals surface area contributed by atoms with Crippen LogP contribution in [0.3, 0.4) is 0 Å². The number of hydrogen-bond acceptors (Lipinski definition) is 1. The molecule has 1 unspecified atom stereocenters. The molecule has 3 aromatic rings. The molecule has 0 aromatic heterocycles. The Bertz CT molecular complexity index is 751. The summed E-state index contributed by atoms with van der Waals surface area (Å²) < 4.78 is 13.8. The van der Waals surface area contributed by atoms with Crippen molar-refractivity contribution in [2.24, 2.45) is 5.73 Å². The predicted molar refractivity (Wildman–Crippen MR) is 85.8 cm³/mol. The van der Waals surface area contributed by atoms with Crippen molar-refractivity contribution in [2.75, 3.05) is 6.54 Å². The second-order valence-corrected chi connectivity index (χ2v) is 5.33. The lowest BCUT2D eigenvalue weighted by Crippen LogP contribution is -2.15. The largest absolute Gasteiger partial charge is 0.330 e. The van der Waals surface area contributed by atoms with Crippen LogP contribution in [0.5, 0.6) is 0 Å². The second-order valence-electron chi connectivity index (χ2n) is 5.33. The van der Waals surface area contributed by atoms with Gasteiger partial charge in [-0.3, -0.25) is 0 Å². The minimum absolute atomic E-state index is 0.131. The Morgan fingerprint density at radius 2 is 1.57 bits per heavy atom. The van der Waals surface area contributed by atoms with Crippen LogP contribution in [-0.4, -0.2) is 6.54 Å². The van der Waals surface area contributed by atoms with Crippen LogP contribution in [0.15, 0.2) is 66.7 Å². The molecule has 3 rings (SSSR count). The van der Waals surface area contributed by atoms with Gasteiger partial charge in [0.25, 0.3) is 0 Å². The molecule has 0 heterocycles. The lowest BCUT2D eigenvalue weighted by Gasteiger charge is -2.16. The van der Waals surface area contributed by atoms with E-state index in [1.165, 1.54) is 22.4 Å². The molecule has 21 heavy (non-hydrogen) atoms. The van der Waals surface area contributed by atoms with Gasteiger partial charge in [-0.1, -0.05) is 60.7 Å². The van der Waals surface area contributed by atoms with E-state index in [0.717, 1.165) is 5.56 Å². The fraction of sp³-hybridized carbons (Fsp3) is 0.158. The smallest absolute Gasteiger partial charge is 0.126 e. The van der Waals surface area contributed by atoms with Crippen molar-refractivity contribution >= 4 is 10.8 Å². The normalized spacial score (nSPS) is 12.5. The molecule has 0 spiro atoms. The van der Waals surface area contributed by atoms with E-state index >= 15 is 0 Å². The summed E-state index contributed by atoms with van der Waals surface area (Å²) in [4.78, 5) is 0. The SMILES string of the molecule is NCC(Cc1ccccc1F)c1ccc2ccccc2c1. The Kier molecular flexibility index (Phi) is 3.98. The molecule has 3 aromatic carbocycles. The van der Waals surface area contributed by atoms with Crippen LogP contribution in [0.4, 0.5) is 4.39 Å². The Hall–Kier alpha value is -2.19. The molecular weight excluding hydrogens is 261 g/mol. The molecule has 0 amide bonds. The zero-order chi connectivity index (χ0) is 14.7. The Morgan fingerprint density at radius 3 is 2.33 bits per heavy atom. The average Bonchev–Trinajstić information content (AvgIpc) is 2.54. The highest BCUT2D eigenvalue weighted by atomic mass is 19.1. The lowest BCUT2D eigenvalue weighted by atomic mass is 9.90. The summed E-state index contributed by atoms with van der Waals surface area (Å²) in [6, 6.07) is 21.5. The fourth-order valence-corrected chi connectivity index (χ4v) is 2.73. The monoisotopic (exact) mass is 279 g/mol. The van der Waals surface area contributed by atoms with Gasteiger partial charge in [0.2, 0.25) is 0 Å². The van der Waals surface area contributed by atoms with Crippen molar-refractivity contribution in [1.29, 1.82) is 0 Å². The third-order valence-corrected chi connectivity index (χ3v) is 3.95. The number of benzene rings is 3. The first kappa shape index (κ1) is 13.8. The van der Waals surface area contributed by atoms with Gasteiger partial charge in [0.15, 0.2) is 0 Å². The summed E-state index contributed by atoms with van der Waals surface area (Å²) in [6.45, 7) is 0.507. The molecule has 0 fully saturated rings. The van der Waals surface area contributed by atoms with Gasteiger partial charge < -0.3 is 5.73 Å². The van der Waals surface area contributed by atoms with E-state index < -0.39 is 0 Å². The highest BCUT2D eigenvalue weighted by Crippen LogP contribution is 2.25. The maximum absolute atomic E-state index is 13.8. The molecule has 1 nitrogen and oxygen atoms in total. The van der Waals surface area contributed by atoms with E-state index in [-0.39, 0.29) is 11.7 Å².